The van der Waals surface area contributed by atoms with E-state index >= 15 is 0 Å². The Morgan fingerprint density at radius 3 is 2.73 bits per heavy atom. The SMILES string of the molecule is CCc1noc(CSc2nc3sc4c(c3c(=O)n2-c2ccc(C)cc2)CCCC4)n1. The maximum absolute atomic E-state index is 13.7. The Kier molecular flexibility index (Phi) is 5.20. The van der Waals surface area contributed by atoms with Crippen LogP contribution in [0.4, 0.5) is 0 Å². The zero-order valence-corrected chi connectivity index (χ0v) is 18.6. The molecule has 1 aromatic carbocycles. The Hall–Kier alpha value is -2.45. The minimum Gasteiger partial charge on any atom is -0.338 e. The quantitative estimate of drug-likeness (QED) is 0.327. The molecule has 0 aliphatic heterocycles. The zero-order chi connectivity index (χ0) is 20.7. The molecule has 0 spiro atoms. The fraction of sp³-hybridized carbons (Fsp3) is 0.364. The summed E-state index contributed by atoms with van der Waals surface area (Å²) in [5.74, 6) is 1.71. The first kappa shape index (κ1) is 19.5. The molecule has 3 aromatic heterocycles. The molecule has 3 heterocycles. The van der Waals surface area contributed by atoms with Crippen LogP contribution in [0, 0.1) is 6.92 Å². The van der Waals surface area contributed by atoms with Gasteiger partial charge in [0.05, 0.1) is 16.8 Å². The highest BCUT2D eigenvalue weighted by molar-refractivity contribution is 7.98. The molecule has 1 aliphatic rings. The van der Waals surface area contributed by atoms with Crippen molar-refractivity contribution >= 4 is 33.3 Å². The third-order valence-corrected chi connectivity index (χ3v) is 7.51. The van der Waals surface area contributed by atoms with Crippen molar-refractivity contribution in [1.82, 2.24) is 19.7 Å². The lowest BCUT2D eigenvalue weighted by atomic mass is 9.97. The van der Waals surface area contributed by atoms with Gasteiger partial charge in [0.2, 0.25) is 5.89 Å². The monoisotopic (exact) mass is 438 g/mol. The molecule has 0 radical (unpaired) electrons. The Balaban J connectivity index is 1.64. The fourth-order valence-corrected chi connectivity index (χ4v) is 5.98. The zero-order valence-electron chi connectivity index (χ0n) is 17.0. The number of fused-ring (bicyclic) bond motifs is 3. The van der Waals surface area contributed by atoms with Crippen LogP contribution in [0.1, 0.15) is 47.5 Å². The number of thioether (sulfide) groups is 1. The Morgan fingerprint density at radius 2 is 1.97 bits per heavy atom. The van der Waals surface area contributed by atoms with Gasteiger partial charge in [-0.2, -0.15) is 4.98 Å². The van der Waals surface area contributed by atoms with Crippen molar-refractivity contribution in [2.45, 2.75) is 56.9 Å². The highest BCUT2D eigenvalue weighted by Crippen LogP contribution is 2.35. The van der Waals surface area contributed by atoms with Crippen LogP contribution < -0.4 is 5.56 Å². The molecule has 8 heteroatoms. The second-order valence-corrected chi connectivity index (χ2v) is 9.53. The van der Waals surface area contributed by atoms with Crippen molar-refractivity contribution in [3.05, 3.63) is 62.3 Å². The number of hydrogen-bond donors (Lipinski definition) is 0. The van der Waals surface area contributed by atoms with Crippen LogP contribution in [-0.4, -0.2) is 19.7 Å². The molecule has 0 saturated heterocycles. The predicted octanol–water partition coefficient (Wildman–Crippen LogP) is 4.87. The van der Waals surface area contributed by atoms with E-state index < -0.39 is 0 Å². The summed E-state index contributed by atoms with van der Waals surface area (Å²) in [6.45, 7) is 4.03. The molecule has 0 bridgehead atoms. The van der Waals surface area contributed by atoms with Crippen LogP contribution in [0.25, 0.3) is 15.9 Å². The molecule has 1 aliphatic carbocycles. The van der Waals surface area contributed by atoms with Crippen LogP contribution in [0.5, 0.6) is 0 Å². The third kappa shape index (κ3) is 3.48. The molecule has 0 amide bonds. The van der Waals surface area contributed by atoms with Crippen LogP contribution >= 0.6 is 23.1 Å². The minimum absolute atomic E-state index is 0.0190. The number of thiophene rings is 1. The van der Waals surface area contributed by atoms with Gasteiger partial charge in [0.1, 0.15) is 4.83 Å². The number of rotatable bonds is 5. The first-order valence-corrected chi connectivity index (χ1v) is 12.0. The van der Waals surface area contributed by atoms with E-state index in [9.17, 15) is 4.79 Å². The highest BCUT2D eigenvalue weighted by atomic mass is 32.2. The van der Waals surface area contributed by atoms with Gasteiger partial charge in [-0.15, -0.1) is 11.3 Å². The molecule has 5 rings (SSSR count). The summed E-state index contributed by atoms with van der Waals surface area (Å²) in [7, 11) is 0. The lowest BCUT2D eigenvalue weighted by molar-refractivity contribution is 0.385. The van der Waals surface area contributed by atoms with E-state index in [1.807, 2.05) is 38.1 Å². The molecular weight excluding hydrogens is 416 g/mol. The Bertz CT molecular complexity index is 1270. The van der Waals surface area contributed by atoms with Crippen LogP contribution in [0.2, 0.25) is 0 Å². The summed E-state index contributed by atoms with van der Waals surface area (Å²) in [5, 5.41) is 5.42. The van der Waals surface area contributed by atoms with E-state index in [1.165, 1.54) is 28.6 Å². The number of aromatic nitrogens is 4. The summed E-state index contributed by atoms with van der Waals surface area (Å²) in [5.41, 5.74) is 3.21. The molecular formula is C22H22N4O2S2. The van der Waals surface area contributed by atoms with Crippen molar-refractivity contribution < 1.29 is 4.52 Å². The summed E-state index contributed by atoms with van der Waals surface area (Å²) in [6.07, 6.45) is 5.06. The second-order valence-electron chi connectivity index (χ2n) is 7.51. The van der Waals surface area contributed by atoms with Gasteiger partial charge in [0.15, 0.2) is 11.0 Å². The summed E-state index contributed by atoms with van der Waals surface area (Å²) >= 11 is 3.13. The molecule has 4 aromatic rings. The second kappa shape index (κ2) is 8.00. The fourth-order valence-electron chi connectivity index (χ4n) is 3.82. The van der Waals surface area contributed by atoms with Crippen LogP contribution in [0.3, 0.4) is 0 Å². The van der Waals surface area contributed by atoms with Gasteiger partial charge in [0, 0.05) is 11.3 Å². The molecule has 0 saturated carbocycles. The predicted molar refractivity (Wildman–Crippen MR) is 120 cm³/mol. The van der Waals surface area contributed by atoms with Crippen molar-refractivity contribution in [2.24, 2.45) is 0 Å². The largest absolute Gasteiger partial charge is 0.338 e. The minimum atomic E-state index is 0.0190. The van der Waals surface area contributed by atoms with E-state index in [-0.39, 0.29) is 5.56 Å². The number of nitrogens with zero attached hydrogens (tertiary/aromatic N) is 4. The molecule has 30 heavy (non-hydrogen) atoms. The van der Waals surface area contributed by atoms with E-state index in [2.05, 4.69) is 10.1 Å². The average molecular weight is 439 g/mol. The van der Waals surface area contributed by atoms with Gasteiger partial charge >= 0.3 is 0 Å². The van der Waals surface area contributed by atoms with Gasteiger partial charge in [-0.3, -0.25) is 9.36 Å². The molecule has 0 atom stereocenters. The number of benzene rings is 1. The number of aryl methyl sites for hydroxylation is 4. The molecule has 0 fully saturated rings. The highest BCUT2D eigenvalue weighted by Gasteiger charge is 2.23. The normalized spacial score (nSPS) is 13.7. The van der Waals surface area contributed by atoms with E-state index in [0.717, 1.165) is 47.2 Å². The van der Waals surface area contributed by atoms with E-state index in [4.69, 9.17) is 9.51 Å². The van der Waals surface area contributed by atoms with Crippen molar-refractivity contribution in [3.8, 4) is 5.69 Å². The Labute approximate surface area is 182 Å². The summed E-state index contributed by atoms with van der Waals surface area (Å²) in [6, 6.07) is 8.01. The smallest absolute Gasteiger partial charge is 0.267 e. The molecule has 0 unspecified atom stereocenters. The molecule has 154 valence electrons. The van der Waals surface area contributed by atoms with Gasteiger partial charge in [-0.1, -0.05) is 41.5 Å². The standard InChI is InChI=1S/C22H22N4O2S2/c1-3-17-23-18(28-25-17)12-29-22-24-20-19(15-6-4-5-7-16(15)30-20)21(27)26(22)14-10-8-13(2)9-11-14/h8-11H,3-7,12H2,1-2H3. The van der Waals surface area contributed by atoms with Crippen molar-refractivity contribution in [2.75, 3.05) is 0 Å². The van der Waals surface area contributed by atoms with Gasteiger partial charge in [-0.05, 0) is 50.3 Å². The lowest BCUT2D eigenvalue weighted by Gasteiger charge is -2.13. The first-order valence-electron chi connectivity index (χ1n) is 10.2. The average Bonchev–Trinajstić information content (AvgIpc) is 3.37. The van der Waals surface area contributed by atoms with Gasteiger partial charge in [-0.25, -0.2) is 4.98 Å². The van der Waals surface area contributed by atoms with Crippen LogP contribution in [-0.2, 0) is 25.0 Å². The maximum Gasteiger partial charge on any atom is 0.267 e. The van der Waals surface area contributed by atoms with Crippen molar-refractivity contribution in [1.29, 1.82) is 0 Å². The summed E-state index contributed by atoms with van der Waals surface area (Å²) < 4.78 is 7.07. The Morgan fingerprint density at radius 1 is 1.17 bits per heavy atom. The van der Waals surface area contributed by atoms with E-state index in [1.54, 1.807) is 15.9 Å². The molecule has 0 N–H and O–H groups in total. The summed E-state index contributed by atoms with van der Waals surface area (Å²) in [4.78, 5) is 25.2. The van der Waals surface area contributed by atoms with E-state index in [0.29, 0.717) is 22.6 Å². The number of hydrogen-bond acceptors (Lipinski definition) is 7. The molecule has 6 nitrogen and oxygen atoms in total. The topological polar surface area (TPSA) is 73.8 Å². The van der Waals surface area contributed by atoms with Crippen molar-refractivity contribution in [3.63, 3.8) is 0 Å². The lowest BCUT2D eigenvalue weighted by Crippen LogP contribution is -2.22. The van der Waals surface area contributed by atoms with Gasteiger partial charge in [0.25, 0.3) is 5.56 Å². The third-order valence-electron chi connectivity index (χ3n) is 5.40. The maximum atomic E-state index is 13.7. The first-order chi connectivity index (χ1) is 14.6. The van der Waals surface area contributed by atoms with Gasteiger partial charge < -0.3 is 4.52 Å². The van der Waals surface area contributed by atoms with Crippen LogP contribution in [0.15, 0.2) is 38.7 Å².